The fraction of sp³-hybridized carbons (Fsp3) is 0.0667. The third-order valence-corrected chi connectivity index (χ3v) is 4.62. The molecule has 0 saturated carbocycles. The van der Waals surface area contributed by atoms with Crippen LogP contribution in [0.25, 0.3) is 0 Å². The van der Waals surface area contributed by atoms with Crippen LogP contribution in [0.4, 0.5) is 14.5 Å². The Hall–Kier alpha value is -2.21. The third kappa shape index (κ3) is 3.28. The molecular formula is C15H13F2NO2S. The average molecular weight is 309 g/mol. The van der Waals surface area contributed by atoms with Crippen molar-refractivity contribution < 1.29 is 17.2 Å². The van der Waals surface area contributed by atoms with Crippen LogP contribution < -0.4 is 4.31 Å². The molecule has 3 nitrogen and oxygen atoms in total. The van der Waals surface area contributed by atoms with Gasteiger partial charge >= 0.3 is 0 Å². The van der Waals surface area contributed by atoms with Gasteiger partial charge in [0.2, 0.25) is 0 Å². The normalized spacial score (nSPS) is 11.1. The molecule has 21 heavy (non-hydrogen) atoms. The molecule has 0 aliphatic rings. The molecule has 0 radical (unpaired) electrons. The first-order valence-corrected chi connectivity index (χ1v) is 7.54. The molecule has 0 aliphatic carbocycles. The van der Waals surface area contributed by atoms with Crippen LogP contribution in [0.15, 0.2) is 66.1 Å². The Morgan fingerprint density at radius 1 is 0.952 bits per heavy atom. The Labute approximate surface area is 122 Å². The van der Waals surface area contributed by atoms with Crippen LogP contribution in [0.2, 0.25) is 0 Å². The van der Waals surface area contributed by atoms with E-state index in [4.69, 9.17) is 0 Å². The van der Waals surface area contributed by atoms with Crippen molar-refractivity contribution in [2.75, 3.05) is 10.8 Å². The Bertz CT molecular complexity index is 725. The predicted molar refractivity (Wildman–Crippen MR) is 77.5 cm³/mol. The third-order valence-electron chi connectivity index (χ3n) is 2.81. The van der Waals surface area contributed by atoms with E-state index < -0.39 is 21.7 Å². The van der Waals surface area contributed by atoms with E-state index in [9.17, 15) is 17.2 Å². The molecule has 2 aromatic rings. The second kappa shape index (κ2) is 6.05. The molecule has 0 unspecified atom stereocenters. The lowest BCUT2D eigenvalue weighted by atomic mass is 10.3. The number of nitrogens with zero attached hydrogens (tertiary/aromatic N) is 1. The number of sulfonamides is 1. The summed E-state index contributed by atoms with van der Waals surface area (Å²) >= 11 is 0. The van der Waals surface area contributed by atoms with Crippen LogP contribution in [0.5, 0.6) is 0 Å². The summed E-state index contributed by atoms with van der Waals surface area (Å²) in [6.07, 6.45) is 1.42. The van der Waals surface area contributed by atoms with E-state index in [1.54, 1.807) is 0 Å². The molecule has 110 valence electrons. The van der Waals surface area contributed by atoms with Crippen LogP contribution in [0.1, 0.15) is 0 Å². The van der Waals surface area contributed by atoms with Gasteiger partial charge in [-0.25, -0.2) is 17.2 Å². The van der Waals surface area contributed by atoms with E-state index in [2.05, 4.69) is 6.58 Å². The van der Waals surface area contributed by atoms with E-state index >= 15 is 0 Å². The van der Waals surface area contributed by atoms with Crippen LogP contribution in [0, 0.1) is 11.6 Å². The number of hydrogen-bond donors (Lipinski definition) is 0. The van der Waals surface area contributed by atoms with Crippen LogP contribution in [0.3, 0.4) is 0 Å². The zero-order valence-corrected chi connectivity index (χ0v) is 11.9. The van der Waals surface area contributed by atoms with Gasteiger partial charge < -0.3 is 0 Å². The summed E-state index contributed by atoms with van der Waals surface area (Å²) in [4.78, 5) is -0.0462. The van der Waals surface area contributed by atoms with Crippen molar-refractivity contribution >= 4 is 15.7 Å². The summed E-state index contributed by atoms with van der Waals surface area (Å²) in [5, 5.41) is 0. The Morgan fingerprint density at radius 3 is 1.90 bits per heavy atom. The lowest BCUT2D eigenvalue weighted by molar-refractivity contribution is 0.591. The highest BCUT2D eigenvalue weighted by Crippen LogP contribution is 2.24. The molecule has 0 bridgehead atoms. The average Bonchev–Trinajstić information content (AvgIpc) is 2.46. The fourth-order valence-corrected chi connectivity index (χ4v) is 3.24. The highest BCUT2D eigenvalue weighted by molar-refractivity contribution is 7.92. The van der Waals surface area contributed by atoms with Crippen LogP contribution >= 0.6 is 0 Å². The first-order chi connectivity index (χ1) is 9.95. The lowest BCUT2D eigenvalue weighted by Crippen LogP contribution is -2.31. The van der Waals surface area contributed by atoms with E-state index in [0.29, 0.717) is 5.69 Å². The largest absolute Gasteiger partial charge is 0.264 e. The minimum absolute atomic E-state index is 0.0192. The summed E-state index contributed by atoms with van der Waals surface area (Å²) in [5.41, 5.74) is 0.306. The Kier molecular flexibility index (Phi) is 4.37. The summed E-state index contributed by atoms with van der Waals surface area (Å²) in [7, 11) is -3.87. The molecular weight excluding hydrogens is 296 g/mol. The highest BCUT2D eigenvalue weighted by Gasteiger charge is 2.23. The second-order valence-electron chi connectivity index (χ2n) is 4.26. The van der Waals surface area contributed by atoms with Gasteiger partial charge in [-0.1, -0.05) is 6.08 Å². The maximum absolute atomic E-state index is 13.0. The number of halogens is 2. The molecule has 2 rings (SSSR count). The van der Waals surface area contributed by atoms with E-state index in [1.807, 2.05) is 0 Å². The van der Waals surface area contributed by atoms with Gasteiger partial charge in [0.1, 0.15) is 11.6 Å². The van der Waals surface area contributed by atoms with Gasteiger partial charge in [-0.3, -0.25) is 4.31 Å². The molecule has 0 aliphatic heterocycles. The SMILES string of the molecule is C=CCN(c1ccc(F)cc1)S(=O)(=O)c1ccc(F)cc1. The maximum atomic E-state index is 13.0. The van der Waals surface area contributed by atoms with Crippen molar-refractivity contribution in [3.05, 3.63) is 72.8 Å². The number of anilines is 1. The highest BCUT2D eigenvalue weighted by atomic mass is 32.2. The van der Waals surface area contributed by atoms with Gasteiger partial charge in [-0.15, -0.1) is 6.58 Å². The molecule has 6 heteroatoms. The van der Waals surface area contributed by atoms with Gasteiger partial charge in [-0.2, -0.15) is 0 Å². The monoisotopic (exact) mass is 309 g/mol. The molecule has 0 amide bonds. The van der Waals surface area contributed by atoms with Gasteiger partial charge in [0.25, 0.3) is 10.0 Å². The van der Waals surface area contributed by atoms with Gasteiger partial charge in [-0.05, 0) is 48.5 Å². The zero-order valence-electron chi connectivity index (χ0n) is 11.0. The van der Waals surface area contributed by atoms with Gasteiger partial charge in [0.15, 0.2) is 0 Å². The van der Waals surface area contributed by atoms with Crippen molar-refractivity contribution in [1.29, 1.82) is 0 Å². The molecule has 0 spiro atoms. The van der Waals surface area contributed by atoms with Crippen molar-refractivity contribution in [1.82, 2.24) is 0 Å². The molecule has 0 atom stereocenters. The fourth-order valence-electron chi connectivity index (χ4n) is 1.80. The molecule has 0 saturated heterocycles. The number of hydrogen-bond acceptors (Lipinski definition) is 2. The molecule has 2 aromatic carbocycles. The first-order valence-electron chi connectivity index (χ1n) is 6.10. The maximum Gasteiger partial charge on any atom is 0.264 e. The van der Waals surface area contributed by atoms with Gasteiger partial charge in [0, 0.05) is 0 Å². The van der Waals surface area contributed by atoms with E-state index in [0.717, 1.165) is 16.4 Å². The summed E-state index contributed by atoms with van der Waals surface area (Å²) in [6, 6.07) is 9.58. The summed E-state index contributed by atoms with van der Waals surface area (Å²) in [6.45, 7) is 3.54. The minimum atomic E-state index is -3.87. The van der Waals surface area contributed by atoms with E-state index in [1.165, 1.54) is 42.5 Å². The first kappa shape index (κ1) is 15.2. The lowest BCUT2D eigenvalue weighted by Gasteiger charge is -2.23. The van der Waals surface area contributed by atoms with Crippen molar-refractivity contribution in [3.8, 4) is 0 Å². The summed E-state index contributed by atoms with van der Waals surface area (Å²) < 4.78 is 52.1. The van der Waals surface area contributed by atoms with Crippen molar-refractivity contribution in [2.24, 2.45) is 0 Å². The number of rotatable bonds is 5. The predicted octanol–water partition coefficient (Wildman–Crippen LogP) is 3.35. The van der Waals surface area contributed by atoms with Crippen LogP contribution in [-0.2, 0) is 10.0 Å². The Morgan fingerprint density at radius 2 is 1.43 bits per heavy atom. The van der Waals surface area contributed by atoms with Crippen molar-refractivity contribution in [2.45, 2.75) is 4.90 Å². The van der Waals surface area contributed by atoms with E-state index in [-0.39, 0.29) is 11.4 Å². The van der Waals surface area contributed by atoms with Crippen molar-refractivity contribution in [3.63, 3.8) is 0 Å². The molecule has 0 fully saturated rings. The number of benzene rings is 2. The quantitative estimate of drug-likeness (QED) is 0.794. The smallest absolute Gasteiger partial charge is 0.263 e. The molecule has 0 heterocycles. The topological polar surface area (TPSA) is 37.4 Å². The molecule has 0 aromatic heterocycles. The Balaban J connectivity index is 2.47. The second-order valence-corrected chi connectivity index (χ2v) is 6.12. The minimum Gasteiger partial charge on any atom is -0.263 e. The summed E-state index contributed by atoms with van der Waals surface area (Å²) in [5.74, 6) is -0.984. The van der Waals surface area contributed by atoms with Crippen LogP contribution in [-0.4, -0.2) is 15.0 Å². The zero-order chi connectivity index (χ0) is 15.5. The standard InChI is InChI=1S/C15H13F2NO2S/c1-2-11-18(14-7-3-12(16)4-8-14)21(19,20)15-9-5-13(17)6-10-15/h2-10H,1,11H2. The van der Waals surface area contributed by atoms with Gasteiger partial charge in [0.05, 0.1) is 17.1 Å². The molecule has 0 N–H and O–H groups in total.